The van der Waals surface area contributed by atoms with Crippen LogP contribution in [0.4, 0.5) is 8.78 Å². The summed E-state index contributed by atoms with van der Waals surface area (Å²) in [7, 11) is 0. The first-order valence-corrected chi connectivity index (χ1v) is 2.79. The molecule has 0 radical (unpaired) electrons. The van der Waals surface area contributed by atoms with Crippen LogP contribution in [-0.4, -0.2) is 14.8 Å². The summed E-state index contributed by atoms with van der Waals surface area (Å²) in [5.41, 5.74) is 0. The van der Waals surface area contributed by atoms with Crippen LogP contribution in [0.25, 0.3) is 0 Å². The molecule has 1 aromatic heterocycles. The average Bonchev–Trinajstić information content (AvgIpc) is 2.11. The molecule has 56 valence electrons. The Balaban J connectivity index is 3.10. The first kappa shape index (κ1) is 7.11. The summed E-state index contributed by atoms with van der Waals surface area (Å²) in [6.45, 7) is 0.452. The fourth-order valence-corrected chi connectivity index (χ4v) is 0.758. The Hall–Kier alpha value is -1.00. The van der Waals surface area contributed by atoms with Crippen molar-refractivity contribution < 1.29 is 8.78 Å². The quantitative estimate of drug-likeness (QED) is 0.599. The standard InChI is InChI=1S/C5H7F2N3/c1-3-8-9-4(2)10(3)5(6)7/h5H,1-2H3. The fourth-order valence-electron chi connectivity index (χ4n) is 0.758. The van der Waals surface area contributed by atoms with Crippen LogP contribution in [0.5, 0.6) is 0 Å². The summed E-state index contributed by atoms with van der Waals surface area (Å²) in [5, 5.41) is 6.94. The highest BCUT2D eigenvalue weighted by Gasteiger charge is 2.12. The van der Waals surface area contributed by atoms with Crippen molar-refractivity contribution in [2.45, 2.75) is 20.4 Å². The molecular weight excluding hydrogens is 140 g/mol. The van der Waals surface area contributed by atoms with Crippen molar-refractivity contribution in [3.8, 4) is 0 Å². The van der Waals surface area contributed by atoms with E-state index >= 15 is 0 Å². The van der Waals surface area contributed by atoms with Gasteiger partial charge in [-0.1, -0.05) is 0 Å². The Kier molecular flexibility index (Phi) is 1.65. The van der Waals surface area contributed by atoms with Gasteiger partial charge in [0.05, 0.1) is 0 Å². The second kappa shape index (κ2) is 2.32. The predicted molar refractivity (Wildman–Crippen MR) is 30.7 cm³/mol. The predicted octanol–water partition coefficient (Wildman–Crippen LogP) is 1.29. The molecule has 0 bridgehead atoms. The van der Waals surface area contributed by atoms with Gasteiger partial charge >= 0.3 is 6.55 Å². The van der Waals surface area contributed by atoms with E-state index in [0.29, 0.717) is 0 Å². The van der Waals surface area contributed by atoms with Crippen molar-refractivity contribution in [1.82, 2.24) is 14.8 Å². The fraction of sp³-hybridized carbons (Fsp3) is 0.600. The van der Waals surface area contributed by atoms with Crippen molar-refractivity contribution >= 4 is 0 Å². The van der Waals surface area contributed by atoms with Gasteiger partial charge < -0.3 is 0 Å². The van der Waals surface area contributed by atoms with Crippen LogP contribution in [0, 0.1) is 13.8 Å². The molecule has 0 aliphatic rings. The van der Waals surface area contributed by atoms with E-state index in [4.69, 9.17) is 0 Å². The number of rotatable bonds is 1. The third kappa shape index (κ3) is 0.984. The molecule has 0 atom stereocenters. The minimum atomic E-state index is -2.53. The van der Waals surface area contributed by atoms with Gasteiger partial charge in [0.1, 0.15) is 11.6 Å². The Bertz CT molecular complexity index is 211. The molecule has 3 nitrogen and oxygen atoms in total. The van der Waals surface area contributed by atoms with Crippen LogP contribution in [-0.2, 0) is 0 Å². The molecule has 1 aromatic rings. The SMILES string of the molecule is Cc1nnc(C)n1C(F)F. The molecular formula is C5H7F2N3. The zero-order chi connectivity index (χ0) is 7.72. The monoisotopic (exact) mass is 147 g/mol. The van der Waals surface area contributed by atoms with Crippen molar-refractivity contribution in [1.29, 1.82) is 0 Å². The van der Waals surface area contributed by atoms with Gasteiger partial charge in [0.25, 0.3) is 0 Å². The molecule has 1 heterocycles. The lowest BCUT2D eigenvalue weighted by molar-refractivity contribution is 0.0655. The van der Waals surface area contributed by atoms with Crippen LogP contribution in [0.2, 0.25) is 0 Å². The minimum Gasteiger partial charge on any atom is -0.257 e. The molecule has 0 aliphatic carbocycles. The van der Waals surface area contributed by atoms with E-state index < -0.39 is 6.55 Å². The maximum absolute atomic E-state index is 12.0. The normalized spacial score (nSPS) is 10.9. The maximum Gasteiger partial charge on any atom is 0.321 e. The minimum absolute atomic E-state index is 0.243. The molecule has 0 spiro atoms. The number of alkyl halides is 2. The zero-order valence-corrected chi connectivity index (χ0v) is 5.67. The van der Waals surface area contributed by atoms with Gasteiger partial charge in [-0.3, -0.25) is 4.57 Å². The van der Waals surface area contributed by atoms with Crippen LogP contribution in [0.15, 0.2) is 0 Å². The lowest BCUT2D eigenvalue weighted by Crippen LogP contribution is -2.02. The van der Waals surface area contributed by atoms with E-state index in [1.54, 1.807) is 0 Å². The Labute approximate surface area is 56.7 Å². The molecule has 0 N–H and O–H groups in total. The number of halogens is 2. The Morgan fingerprint density at radius 2 is 1.60 bits per heavy atom. The van der Waals surface area contributed by atoms with E-state index in [1.807, 2.05) is 0 Å². The first-order chi connectivity index (χ1) is 4.63. The van der Waals surface area contributed by atoms with Gasteiger partial charge in [-0.2, -0.15) is 8.78 Å². The second-order valence-corrected chi connectivity index (χ2v) is 1.94. The number of aromatic nitrogens is 3. The van der Waals surface area contributed by atoms with E-state index in [9.17, 15) is 8.78 Å². The number of aryl methyl sites for hydroxylation is 2. The highest BCUT2D eigenvalue weighted by molar-refractivity contribution is 4.90. The molecule has 0 amide bonds. The van der Waals surface area contributed by atoms with Crippen molar-refractivity contribution in [2.75, 3.05) is 0 Å². The molecule has 5 heteroatoms. The molecule has 10 heavy (non-hydrogen) atoms. The Morgan fingerprint density at radius 3 is 1.80 bits per heavy atom. The second-order valence-electron chi connectivity index (χ2n) is 1.94. The number of nitrogens with zero attached hydrogens (tertiary/aromatic N) is 3. The van der Waals surface area contributed by atoms with Crippen molar-refractivity contribution in [3.63, 3.8) is 0 Å². The molecule has 0 aromatic carbocycles. The van der Waals surface area contributed by atoms with E-state index in [0.717, 1.165) is 4.57 Å². The van der Waals surface area contributed by atoms with Crippen LogP contribution in [0.3, 0.4) is 0 Å². The third-order valence-corrected chi connectivity index (χ3v) is 1.23. The third-order valence-electron chi connectivity index (χ3n) is 1.23. The van der Waals surface area contributed by atoms with Crippen molar-refractivity contribution in [2.24, 2.45) is 0 Å². The van der Waals surface area contributed by atoms with E-state index in [2.05, 4.69) is 10.2 Å². The Morgan fingerprint density at radius 1 is 1.20 bits per heavy atom. The molecule has 0 saturated heterocycles. The van der Waals surface area contributed by atoms with Gasteiger partial charge in [-0.05, 0) is 13.8 Å². The van der Waals surface area contributed by atoms with Crippen molar-refractivity contribution in [3.05, 3.63) is 11.6 Å². The largest absolute Gasteiger partial charge is 0.321 e. The van der Waals surface area contributed by atoms with Crippen LogP contribution >= 0.6 is 0 Å². The maximum atomic E-state index is 12.0. The lowest BCUT2D eigenvalue weighted by Gasteiger charge is -2.01. The molecule has 0 saturated carbocycles. The summed E-state index contributed by atoms with van der Waals surface area (Å²) in [5.74, 6) is 0.486. The molecule has 1 rings (SSSR count). The summed E-state index contributed by atoms with van der Waals surface area (Å²) < 4.78 is 24.8. The smallest absolute Gasteiger partial charge is 0.257 e. The number of hydrogen-bond acceptors (Lipinski definition) is 2. The highest BCUT2D eigenvalue weighted by Crippen LogP contribution is 2.13. The molecule has 0 fully saturated rings. The average molecular weight is 147 g/mol. The summed E-state index contributed by atoms with van der Waals surface area (Å²) in [6, 6.07) is 0. The summed E-state index contributed by atoms with van der Waals surface area (Å²) in [4.78, 5) is 0. The van der Waals surface area contributed by atoms with Gasteiger partial charge in [0, 0.05) is 0 Å². The van der Waals surface area contributed by atoms with Gasteiger partial charge in [-0.15, -0.1) is 10.2 Å². The summed E-state index contributed by atoms with van der Waals surface area (Å²) >= 11 is 0. The molecule has 0 unspecified atom stereocenters. The molecule has 0 aliphatic heterocycles. The van der Waals surface area contributed by atoms with Gasteiger partial charge in [0.2, 0.25) is 0 Å². The van der Waals surface area contributed by atoms with E-state index in [-0.39, 0.29) is 11.6 Å². The van der Waals surface area contributed by atoms with E-state index in [1.165, 1.54) is 13.8 Å². The topological polar surface area (TPSA) is 30.7 Å². The number of hydrogen-bond donors (Lipinski definition) is 0. The summed E-state index contributed by atoms with van der Waals surface area (Å²) in [6.07, 6.45) is 0. The first-order valence-electron chi connectivity index (χ1n) is 2.79. The van der Waals surface area contributed by atoms with Gasteiger partial charge in [-0.25, -0.2) is 0 Å². The lowest BCUT2D eigenvalue weighted by atomic mass is 10.6. The zero-order valence-electron chi connectivity index (χ0n) is 5.67. The van der Waals surface area contributed by atoms with Crippen LogP contribution < -0.4 is 0 Å². The van der Waals surface area contributed by atoms with Gasteiger partial charge in [0.15, 0.2) is 0 Å². The highest BCUT2D eigenvalue weighted by atomic mass is 19.3. The van der Waals surface area contributed by atoms with Crippen LogP contribution in [0.1, 0.15) is 18.2 Å².